The van der Waals surface area contributed by atoms with E-state index in [0.29, 0.717) is 25.6 Å². The van der Waals surface area contributed by atoms with E-state index in [4.69, 9.17) is 4.74 Å². The average Bonchev–Trinajstić information content (AvgIpc) is 3.11. The Kier molecular flexibility index (Phi) is 4.51. The minimum atomic E-state index is -0.181. The van der Waals surface area contributed by atoms with Gasteiger partial charge in [0.1, 0.15) is 5.82 Å². The van der Waals surface area contributed by atoms with Gasteiger partial charge in [-0.3, -0.25) is 4.79 Å². The van der Waals surface area contributed by atoms with Crippen molar-refractivity contribution in [1.82, 2.24) is 10.3 Å². The molecule has 1 N–H and O–H groups in total. The van der Waals surface area contributed by atoms with E-state index in [1.807, 2.05) is 12.3 Å². The van der Waals surface area contributed by atoms with Gasteiger partial charge in [-0.15, -0.1) is 0 Å². The highest BCUT2D eigenvalue weighted by Crippen LogP contribution is 2.21. The van der Waals surface area contributed by atoms with Crippen LogP contribution in [0.25, 0.3) is 0 Å². The van der Waals surface area contributed by atoms with Crippen LogP contribution in [0.2, 0.25) is 0 Å². The Morgan fingerprint density at radius 2 is 2.27 bits per heavy atom. The van der Waals surface area contributed by atoms with Gasteiger partial charge >= 0.3 is 0 Å². The molecule has 0 bridgehead atoms. The Hall–Kier alpha value is -2.17. The predicted octanol–water partition coefficient (Wildman–Crippen LogP) is 0.342. The van der Waals surface area contributed by atoms with Crippen molar-refractivity contribution in [3.8, 4) is 6.19 Å². The molecule has 116 valence electrons. The van der Waals surface area contributed by atoms with E-state index < -0.39 is 0 Å². The number of nitrogens with one attached hydrogen (secondary N) is 1. The molecule has 2 aliphatic heterocycles. The van der Waals surface area contributed by atoms with Crippen LogP contribution in [-0.4, -0.2) is 50.3 Å². The third-order valence-corrected chi connectivity index (χ3v) is 4.07. The summed E-state index contributed by atoms with van der Waals surface area (Å²) in [6.45, 7) is 4.52. The van der Waals surface area contributed by atoms with Gasteiger partial charge in [-0.25, -0.2) is 4.98 Å². The van der Waals surface area contributed by atoms with E-state index in [2.05, 4.69) is 15.2 Å². The van der Waals surface area contributed by atoms with E-state index >= 15 is 0 Å². The molecule has 0 radical (unpaired) electrons. The molecule has 0 aromatic carbocycles. The summed E-state index contributed by atoms with van der Waals surface area (Å²) in [4.78, 5) is 19.9. The first-order chi connectivity index (χ1) is 10.8. The number of nitriles is 1. The molecule has 1 unspecified atom stereocenters. The lowest BCUT2D eigenvalue weighted by Crippen LogP contribution is -2.36. The predicted molar refractivity (Wildman–Crippen MR) is 81.3 cm³/mol. The third kappa shape index (κ3) is 3.03. The molecule has 0 aliphatic carbocycles. The van der Waals surface area contributed by atoms with Gasteiger partial charge in [-0.2, -0.15) is 10.2 Å². The van der Waals surface area contributed by atoms with E-state index in [-0.39, 0.29) is 11.8 Å². The van der Waals surface area contributed by atoms with Crippen molar-refractivity contribution >= 4 is 17.4 Å². The number of ether oxygens (including phenoxy) is 1. The van der Waals surface area contributed by atoms with Crippen molar-refractivity contribution in [2.24, 2.45) is 5.92 Å². The minimum absolute atomic E-state index is 0.139. The molecule has 0 saturated carbocycles. The van der Waals surface area contributed by atoms with E-state index in [1.54, 1.807) is 12.3 Å². The van der Waals surface area contributed by atoms with Gasteiger partial charge in [0.2, 0.25) is 5.91 Å². The number of hydrogen-bond acceptors (Lipinski definition) is 6. The lowest BCUT2D eigenvalue weighted by Gasteiger charge is -2.28. The number of carbonyl (C=O) groups is 1. The zero-order valence-corrected chi connectivity index (χ0v) is 12.4. The van der Waals surface area contributed by atoms with Crippen LogP contribution in [0.5, 0.6) is 0 Å². The Labute approximate surface area is 129 Å². The number of hydrogen-bond donors (Lipinski definition) is 1. The van der Waals surface area contributed by atoms with Crippen LogP contribution in [0, 0.1) is 17.4 Å². The quantitative estimate of drug-likeness (QED) is 0.640. The van der Waals surface area contributed by atoms with Gasteiger partial charge in [-0.1, -0.05) is 0 Å². The first-order valence-corrected chi connectivity index (χ1v) is 7.53. The highest BCUT2D eigenvalue weighted by Gasteiger charge is 2.29. The van der Waals surface area contributed by atoms with Crippen molar-refractivity contribution < 1.29 is 9.53 Å². The normalized spacial score (nSPS) is 21.4. The van der Waals surface area contributed by atoms with Crippen LogP contribution in [0.3, 0.4) is 0 Å². The molecule has 2 aliphatic rings. The summed E-state index contributed by atoms with van der Waals surface area (Å²) >= 11 is 0. The second-order valence-electron chi connectivity index (χ2n) is 5.44. The molecule has 1 atom stereocenters. The van der Waals surface area contributed by atoms with E-state index in [9.17, 15) is 10.1 Å². The first-order valence-electron chi connectivity index (χ1n) is 7.53. The molecular formula is C15H19N5O2. The molecule has 2 fully saturated rings. The standard InChI is InChI=1S/C15H19N5O2/c16-11-20(15(21)12-3-4-17-9-12)14-2-1-13(10-18-14)19-5-7-22-8-6-19/h1-2,10,12,17H,3-9H2. The zero-order valence-electron chi connectivity index (χ0n) is 12.4. The van der Waals surface area contributed by atoms with Gasteiger partial charge in [0.05, 0.1) is 31.0 Å². The fourth-order valence-electron chi connectivity index (χ4n) is 2.78. The summed E-state index contributed by atoms with van der Waals surface area (Å²) in [7, 11) is 0. The molecular weight excluding hydrogens is 282 g/mol. The highest BCUT2D eigenvalue weighted by molar-refractivity contribution is 5.97. The van der Waals surface area contributed by atoms with Crippen molar-refractivity contribution in [2.75, 3.05) is 49.2 Å². The Morgan fingerprint density at radius 1 is 1.45 bits per heavy atom. The van der Waals surface area contributed by atoms with Crippen LogP contribution in [0.1, 0.15) is 6.42 Å². The number of pyridine rings is 1. The maximum atomic E-state index is 12.4. The fraction of sp³-hybridized carbons (Fsp3) is 0.533. The Balaban J connectivity index is 1.72. The number of anilines is 2. The van der Waals surface area contributed by atoms with Crippen LogP contribution < -0.4 is 15.1 Å². The fourth-order valence-corrected chi connectivity index (χ4v) is 2.78. The molecule has 3 rings (SSSR count). The monoisotopic (exact) mass is 301 g/mol. The van der Waals surface area contributed by atoms with E-state index in [0.717, 1.165) is 36.6 Å². The van der Waals surface area contributed by atoms with Crippen LogP contribution >= 0.6 is 0 Å². The Bertz CT molecular complexity index is 556. The summed E-state index contributed by atoms with van der Waals surface area (Å²) in [5.41, 5.74) is 0.986. The van der Waals surface area contributed by atoms with Gasteiger partial charge in [0, 0.05) is 19.6 Å². The summed E-state index contributed by atoms with van der Waals surface area (Å²) in [5, 5.41) is 12.4. The van der Waals surface area contributed by atoms with Crippen LogP contribution in [-0.2, 0) is 9.53 Å². The number of amides is 1. The molecule has 1 aromatic heterocycles. The largest absolute Gasteiger partial charge is 0.378 e. The first kappa shape index (κ1) is 14.8. The van der Waals surface area contributed by atoms with Gasteiger partial charge < -0.3 is 15.0 Å². The number of nitrogens with zero attached hydrogens (tertiary/aromatic N) is 4. The summed E-state index contributed by atoms with van der Waals surface area (Å²) in [6.07, 6.45) is 4.43. The van der Waals surface area contributed by atoms with Gasteiger partial charge in [-0.05, 0) is 25.1 Å². The average molecular weight is 301 g/mol. The lowest BCUT2D eigenvalue weighted by molar-refractivity contribution is -0.121. The molecule has 3 heterocycles. The highest BCUT2D eigenvalue weighted by atomic mass is 16.5. The minimum Gasteiger partial charge on any atom is -0.378 e. The molecule has 2 saturated heterocycles. The Morgan fingerprint density at radius 3 is 2.86 bits per heavy atom. The second kappa shape index (κ2) is 6.73. The van der Waals surface area contributed by atoms with Gasteiger partial charge in [0.25, 0.3) is 0 Å². The molecule has 0 spiro atoms. The van der Waals surface area contributed by atoms with Gasteiger partial charge in [0.15, 0.2) is 6.19 Å². The third-order valence-electron chi connectivity index (χ3n) is 4.07. The summed E-state index contributed by atoms with van der Waals surface area (Å²) in [5.74, 6) is 0.0656. The molecule has 7 heteroatoms. The molecule has 7 nitrogen and oxygen atoms in total. The van der Waals surface area contributed by atoms with Crippen molar-refractivity contribution in [3.63, 3.8) is 0 Å². The molecule has 1 aromatic rings. The van der Waals surface area contributed by atoms with Crippen LogP contribution in [0.4, 0.5) is 11.5 Å². The van der Waals surface area contributed by atoms with Crippen molar-refractivity contribution in [1.29, 1.82) is 5.26 Å². The lowest BCUT2D eigenvalue weighted by atomic mass is 10.1. The smallest absolute Gasteiger partial charge is 0.246 e. The summed E-state index contributed by atoms with van der Waals surface area (Å²) < 4.78 is 5.33. The number of rotatable bonds is 3. The second-order valence-corrected chi connectivity index (χ2v) is 5.44. The molecule has 1 amide bonds. The number of carbonyl (C=O) groups excluding carboxylic acids is 1. The number of morpholine rings is 1. The van der Waals surface area contributed by atoms with Crippen LogP contribution in [0.15, 0.2) is 18.3 Å². The van der Waals surface area contributed by atoms with Crippen molar-refractivity contribution in [3.05, 3.63) is 18.3 Å². The zero-order chi connectivity index (χ0) is 15.4. The maximum Gasteiger partial charge on any atom is 0.246 e. The topological polar surface area (TPSA) is 81.5 Å². The SMILES string of the molecule is N#CN(C(=O)C1CCNC1)c1ccc(N2CCOCC2)cn1. The number of aromatic nitrogens is 1. The van der Waals surface area contributed by atoms with Crippen molar-refractivity contribution in [2.45, 2.75) is 6.42 Å². The maximum absolute atomic E-state index is 12.4. The summed E-state index contributed by atoms with van der Waals surface area (Å²) in [6, 6.07) is 3.63. The van der Waals surface area contributed by atoms with E-state index in [1.165, 1.54) is 0 Å². The molecule has 22 heavy (non-hydrogen) atoms.